The molecule has 1 saturated heterocycles. The summed E-state index contributed by atoms with van der Waals surface area (Å²) in [5, 5.41) is 3.09. The van der Waals surface area contributed by atoms with Crippen molar-refractivity contribution >= 4 is 17.6 Å². The number of anilines is 1. The van der Waals surface area contributed by atoms with Crippen molar-refractivity contribution in [1.29, 1.82) is 0 Å². The van der Waals surface area contributed by atoms with E-state index < -0.39 is 0 Å². The highest BCUT2D eigenvalue weighted by molar-refractivity contribution is 6.11. The van der Waals surface area contributed by atoms with Crippen molar-refractivity contribution in [3.05, 3.63) is 102 Å². The molecule has 1 aliphatic rings. The predicted octanol–water partition coefficient (Wildman–Crippen LogP) is 7.82. The summed E-state index contributed by atoms with van der Waals surface area (Å²) in [7, 11) is 0. The number of aromatic nitrogens is 1. The molecule has 1 aliphatic heterocycles. The van der Waals surface area contributed by atoms with Gasteiger partial charge in [0.15, 0.2) is 0 Å². The van der Waals surface area contributed by atoms with Crippen molar-refractivity contribution in [1.82, 2.24) is 4.57 Å². The first kappa shape index (κ1) is 26.4. The quantitative estimate of drug-likeness (QED) is 0.239. The summed E-state index contributed by atoms with van der Waals surface area (Å²) in [4.78, 5) is 26.0. The molecule has 1 atom stereocenters. The molecule has 1 N–H and O–H groups in total. The molecular formula is C33H33FN2O3. The van der Waals surface area contributed by atoms with Crippen LogP contribution in [0.4, 0.5) is 10.1 Å². The number of carbonyl (C=O) groups is 2. The Kier molecular flexibility index (Phi) is 7.92. The third-order valence-corrected chi connectivity index (χ3v) is 7.17. The number of benzene rings is 3. The zero-order chi connectivity index (χ0) is 27.4. The largest absolute Gasteiger partial charge is 0.462 e. The van der Waals surface area contributed by atoms with Crippen LogP contribution in [0.1, 0.15) is 61.8 Å². The molecule has 1 fully saturated rings. The minimum Gasteiger partial charge on any atom is -0.462 e. The molecular weight excluding hydrogens is 491 g/mol. The number of cyclic esters (lactones) is 1. The second-order valence-electron chi connectivity index (χ2n) is 10.2. The van der Waals surface area contributed by atoms with Crippen molar-refractivity contribution in [3.8, 4) is 22.3 Å². The van der Waals surface area contributed by atoms with Gasteiger partial charge in [0.2, 0.25) is 0 Å². The second-order valence-corrected chi connectivity index (χ2v) is 10.2. The van der Waals surface area contributed by atoms with E-state index in [0.717, 1.165) is 40.8 Å². The normalized spacial score (nSPS) is 15.3. The molecule has 39 heavy (non-hydrogen) atoms. The van der Waals surface area contributed by atoms with Crippen LogP contribution >= 0.6 is 0 Å². The number of amides is 1. The van der Waals surface area contributed by atoms with Crippen molar-refractivity contribution in [3.63, 3.8) is 0 Å². The lowest BCUT2D eigenvalue weighted by atomic mass is 9.92. The van der Waals surface area contributed by atoms with E-state index in [1.165, 1.54) is 12.1 Å². The van der Waals surface area contributed by atoms with Crippen LogP contribution in [0.3, 0.4) is 0 Å². The van der Waals surface area contributed by atoms with E-state index >= 15 is 0 Å². The number of nitrogens with zero attached hydrogens (tertiary/aromatic N) is 1. The van der Waals surface area contributed by atoms with Crippen LogP contribution in [-0.2, 0) is 16.0 Å². The number of hydrogen-bond donors (Lipinski definition) is 1. The van der Waals surface area contributed by atoms with Gasteiger partial charge in [-0.25, -0.2) is 4.39 Å². The molecule has 200 valence electrons. The van der Waals surface area contributed by atoms with Crippen LogP contribution in [0.2, 0.25) is 0 Å². The highest BCUT2D eigenvalue weighted by Crippen LogP contribution is 2.43. The molecule has 4 aromatic rings. The molecule has 5 rings (SSSR count). The van der Waals surface area contributed by atoms with Crippen LogP contribution in [0, 0.1) is 5.82 Å². The Hall–Kier alpha value is -4.19. The summed E-state index contributed by atoms with van der Waals surface area (Å²) in [6.07, 6.45) is 3.18. The Morgan fingerprint density at radius 1 is 0.949 bits per heavy atom. The first-order valence-corrected chi connectivity index (χ1v) is 13.6. The van der Waals surface area contributed by atoms with Gasteiger partial charge in [0.05, 0.1) is 0 Å². The highest BCUT2D eigenvalue weighted by atomic mass is 19.1. The van der Waals surface area contributed by atoms with E-state index in [1.54, 1.807) is 12.1 Å². The van der Waals surface area contributed by atoms with Crippen LogP contribution in [0.25, 0.3) is 22.3 Å². The standard InChI is InChI=1S/C33H33FN2O3/c1-22(2)36-28(21-20-27-14-9-15-29(37)39-27)30(24-16-18-25(34)19-17-24)31(23-10-5-3-6-11-23)32(36)33(38)35-26-12-7-4-8-13-26/h3-8,10-13,16-19,22,27H,9,14-15,20-21H2,1-2H3,(H,35,38). The number of esters is 1. The molecule has 0 radical (unpaired) electrons. The highest BCUT2D eigenvalue weighted by Gasteiger charge is 2.31. The fourth-order valence-corrected chi connectivity index (χ4v) is 5.48. The van der Waals surface area contributed by atoms with Crippen molar-refractivity contribution in [2.45, 2.75) is 58.1 Å². The molecule has 0 bridgehead atoms. The van der Waals surface area contributed by atoms with E-state index in [-0.39, 0.29) is 29.8 Å². The van der Waals surface area contributed by atoms with Crippen LogP contribution in [0.5, 0.6) is 0 Å². The molecule has 5 nitrogen and oxygen atoms in total. The van der Waals surface area contributed by atoms with E-state index in [1.807, 2.05) is 60.7 Å². The molecule has 0 spiro atoms. The maximum Gasteiger partial charge on any atom is 0.306 e. The third kappa shape index (κ3) is 5.80. The minimum atomic E-state index is -0.319. The average molecular weight is 525 g/mol. The fourth-order valence-electron chi connectivity index (χ4n) is 5.48. The number of rotatable bonds is 8. The Balaban J connectivity index is 1.72. The zero-order valence-electron chi connectivity index (χ0n) is 22.3. The lowest BCUT2D eigenvalue weighted by molar-refractivity contribution is -0.153. The summed E-state index contributed by atoms with van der Waals surface area (Å²) in [5.74, 6) is -0.689. The van der Waals surface area contributed by atoms with Gasteiger partial charge in [-0.2, -0.15) is 0 Å². The van der Waals surface area contributed by atoms with Gasteiger partial charge in [-0.15, -0.1) is 0 Å². The van der Waals surface area contributed by atoms with Gasteiger partial charge in [0, 0.05) is 35.0 Å². The summed E-state index contributed by atoms with van der Waals surface area (Å²) in [5.41, 5.74) is 5.66. The first-order chi connectivity index (χ1) is 18.9. The summed E-state index contributed by atoms with van der Waals surface area (Å²) in [6.45, 7) is 4.12. The van der Waals surface area contributed by atoms with E-state index in [9.17, 15) is 14.0 Å². The predicted molar refractivity (Wildman–Crippen MR) is 152 cm³/mol. The maximum atomic E-state index is 14.1. The maximum absolute atomic E-state index is 14.1. The topological polar surface area (TPSA) is 60.3 Å². The Morgan fingerprint density at radius 3 is 2.23 bits per heavy atom. The summed E-state index contributed by atoms with van der Waals surface area (Å²) >= 11 is 0. The van der Waals surface area contributed by atoms with Gasteiger partial charge < -0.3 is 14.6 Å². The zero-order valence-corrected chi connectivity index (χ0v) is 22.3. The van der Waals surface area contributed by atoms with E-state index in [2.05, 4.69) is 23.7 Å². The summed E-state index contributed by atoms with van der Waals surface area (Å²) in [6, 6.07) is 25.7. The van der Waals surface area contributed by atoms with Crippen molar-refractivity contribution in [2.24, 2.45) is 0 Å². The van der Waals surface area contributed by atoms with Gasteiger partial charge in [0.1, 0.15) is 17.6 Å². The van der Waals surface area contributed by atoms with E-state index in [4.69, 9.17) is 4.74 Å². The Bertz CT molecular complexity index is 1440. The fraction of sp³-hybridized carbons (Fsp3) is 0.273. The van der Waals surface area contributed by atoms with Crippen LogP contribution in [-0.4, -0.2) is 22.5 Å². The Labute approximate surface area is 228 Å². The number of hydrogen-bond acceptors (Lipinski definition) is 3. The number of carbonyl (C=O) groups excluding carboxylic acids is 2. The van der Waals surface area contributed by atoms with E-state index in [0.29, 0.717) is 30.6 Å². The first-order valence-electron chi connectivity index (χ1n) is 13.6. The molecule has 3 aromatic carbocycles. The monoisotopic (exact) mass is 524 g/mol. The smallest absolute Gasteiger partial charge is 0.306 e. The summed E-state index contributed by atoms with van der Waals surface area (Å²) < 4.78 is 21.8. The molecule has 0 aliphatic carbocycles. The lowest BCUT2D eigenvalue weighted by Crippen LogP contribution is -2.25. The van der Waals surface area contributed by atoms with Crippen molar-refractivity contribution in [2.75, 3.05) is 5.32 Å². The van der Waals surface area contributed by atoms with Gasteiger partial charge in [-0.05, 0) is 74.9 Å². The SMILES string of the molecule is CC(C)n1c(CCC2CCCC(=O)O2)c(-c2ccc(F)cc2)c(-c2ccccc2)c1C(=O)Nc1ccccc1. The van der Waals surface area contributed by atoms with Gasteiger partial charge in [-0.1, -0.05) is 60.7 Å². The number of nitrogens with one attached hydrogen (secondary N) is 1. The molecule has 6 heteroatoms. The van der Waals surface area contributed by atoms with Crippen LogP contribution < -0.4 is 5.32 Å². The number of halogens is 1. The second kappa shape index (κ2) is 11.7. The molecule has 1 aromatic heterocycles. The molecule has 1 unspecified atom stereocenters. The van der Waals surface area contributed by atoms with Gasteiger partial charge in [0.25, 0.3) is 5.91 Å². The number of ether oxygens (including phenoxy) is 1. The molecule has 1 amide bonds. The number of para-hydroxylation sites is 1. The van der Waals surface area contributed by atoms with Gasteiger partial charge >= 0.3 is 5.97 Å². The average Bonchev–Trinajstić information content (AvgIpc) is 3.29. The minimum absolute atomic E-state index is 0.0397. The molecule has 0 saturated carbocycles. The molecule has 2 heterocycles. The lowest BCUT2D eigenvalue weighted by Gasteiger charge is -2.24. The van der Waals surface area contributed by atoms with Crippen molar-refractivity contribution < 1.29 is 18.7 Å². The van der Waals surface area contributed by atoms with Crippen LogP contribution in [0.15, 0.2) is 84.9 Å². The Morgan fingerprint density at radius 2 is 1.59 bits per heavy atom. The van der Waals surface area contributed by atoms with Gasteiger partial charge in [-0.3, -0.25) is 9.59 Å². The third-order valence-electron chi connectivity index (χ3n) is 7.17.